The maximum Gasteiger partial charge on any atom is 0.573 e. The lowest BCUT2D eigenvalue weighted by Crippen LogP contribution is -2.32. The molecule has 4 nitrogen and oxygen atoms in total. The molecule has 0 aromatic heterocycles. The first-order valence-electron chi connectivity index (χ1n) is 5.66. The minimum absolute atomic E-state index is 0.0119. The molecule has 0 saturated carbocycles. The van der Waals surface area contributed by atoms with E-state index in [2.05, 4.69) is 15.4 Å². The highest BCUT2D eigenvalue weighted by Gasteiger charge is 2.32. The number of ether oxygens (including phenoxy) is 1. The smallest absolute Gasteiger partial charge is 0.404 e. The molecule has 0 radical (unpaired) electrons. The number of hydrogen-bond donors (Lipinski definition) is 2. The van der Waals surface area contributed by atoms with Crippen molar-refractivity contribution in [1.82, 2.24) is 5.32 Å². The van der Waals surface area contributed by atoms with Gasteiger partial charge in [-0.1, -0.05) is 26.0 Å². The van der Waals surface area contributed by atoms with Gasteiger partial charge in [-0.15, -0.1) is 13.2 Å². The lowest BCUT2D eigenvalue weighted by molar-refractivity contribution is -0.274. The number of rotatable bonds is 5. The number of para-hydroxylation sites is 2. The molecular weight excluding hydrogens is 261 g/mol. The predicted molar refractivity (Wildman–Crippen MR) is 64.9 cm³/mol. The summed E-state index contributed by atoms with van der Waals surface area (Å²) in [4.78, 5) is 11.5. The standard InChI is InChI=1S/C12H15F3N2O2/c1-8(2)16-7-11(18)17-9-5-3-4-6-10(9)19-12(13,14)15/h3-6,8,16H,7H2,1-2H3,(H,17,18). The van der Waals surface area contributed by atoms with E-state index in [1.807, 2.05) is 13.8 Å². The Morgan fingerprint density at radius 3 is 2.53 bits per heavy atom. The van der Waals surface area contributed by atoms with E-state index in [1.165, 1.54) is 18.2 Å². The summed E-state index contributed by atoms with van der Waals surface area (Å²) in [7, 11) is 0. The van der Waals surface area contributed by atoms with E-state index >= 15 is 0 Å². The van der Waals surface area contributed by atoms with Crippen LogP contribution >= 0.6 is 0 Å². The monoisotopic (exact) mass is 276 g/mol. The number of anilines is 1. The average molecular weight is 276 g/mol. The molecular formula is C12H15F3N2O2. The van der Waals surface area contributed by atoms with Gasteiger partial charge in [0.15, 0.2) is 5.75 Å². The molecule has 1 aromatic carbocycles. The number of halogens is 3. The quantitative estimate of drug-likeness (QED) is 0.869. The summed E-state index contributed by atoms with van der Waals surface area (Å²) in [5.41, 5.74) is -0.0182. The normalized spacial score (nSPS) is 11.5. The molecule has 0 fully saturated rings. The molecule has 0 aliphatic heterocycles. The second-order valence-corrected chi connectivity index (χ2v) is 4.13. The maximum atomic E-state index is 12.2. The van der Waals surface area contributed by atoms with Gasteiger partial charge < -0.3 is 15.4 Å². The van der Waals surface area contributed by atoms with Crippen LogP contribution < -0.4 is 15.4 Å². The Bertz CT molecular complexity index is 433. The van der Waals surface area contributed by atoms with Crippen LogP contribution in [0.2, 0.25) is 0 Å². The van der Waals surface area contributed by atoms with Crippen LogP contribution in [0.25, 0.3) is 0 Å². The zero-order chi connectivity index (χ0) is 14.5. The van der Waals surface area contributed by atoms with Crippen LogP contribution in [0.3, 0.4) is 0 Å². The van der Waals surface area contributed by atoms with E-state index in [1.54, 1.807) is 0 Å². The van der Waals surface area contributed by atoms with E-state index in [0.717, 1.165) is 6.07 Å². The zero-order valence-corrected chi connectivity index (χ0v) is 10.5. The Morgan fingerprint density at radius 2 is 1.95 bits per heavy atom. The van der Waals surface area contributed by atoms with Crippen LogP contribution in [0.15, 0.2) is 24.3 Å². The van der Waals surface area contributed by atoms with Crippen LogP contribution in [-0.2, 0) is 4.79 Å². The first-order chi connectivity index (χ1) is 8.78. The van der Waals surface area contributed by atoms with Crippen LogP contribution in [0.5, 0.6) is 5.75 Å². The number of alkyl halides is 3. The number of hydrogen-bond acceptors (Lipinski definition) is 3. The third kappa shape index (κ3) is 6.10. The Hall–Kier alpha value is -1.76. The molecule has 1 amide bonds. The van der Waals surface area contributed by atoms with E-state index in [-0.39, 0.29) is 18.3 Å². The van der Waals surface area contributed by atoms with Crippen molar-refractivity contribution in [2.75, 3.05) is 11.9 Å². The third-order valence-corrected chi connectivity index (χ3v) is 2.06. The SMILES string of the molecule is CC(C)NCC(=O)Nc1ccccc1OC(F)(F)F. The van der Waals surface area contributed by atoms with Gasteiger partial charge in [0.1, 0.15) is 0 Å². The highest BCUT2D eigenvalue weighted by molar-refractivity contribution is 5.93. The van der Waals surface area contributed by atoms with Crippen molar-refractivity contribution in [3.63, 3.8) is 0 Å². The molecule has 1 aromatic rings. The molecule has 19 heavy (non-hydrogen) atoms. The highest BCUT2D eigenvalue weighted by Crippen LogP contribution is 2.29. The second-order valence-electron chi connectivity index (χ2n) is 4.13. The van der Waals surface area contributed by atoms with Crippen LogP contribution in [-0.4, -0.2) is 24.9 Å². The molecule has 106 valence electrons. The average Bonchev–Trinajstić information content (AvgIpc) is 2.27. The highest BCUT2D eigenvalue weighted by atomic mass is 19.4. The summed E-state index contributed by atoms with van der Waals surface area (Å²) >= 11 is 0. The lowest BCUT2D eigenvalue weighted by Gasteiger charge is -2.14. The van der Waals surface area contributed by atoms with E-state index < -0.39 is 18.0 Å². The first kappa shape index (κ1) is 15.3. The molecule has 0 unspecified atom stereocenters. The number of carbonyl (C=O) groups excluding carboxylic acids is 1. The van der Waals surface area contributed by atoms with Gasteiger partial charge in [0.2, 0.25) is 5.91 Å². The van der Waals surface area contributed by atoms with E-state index in [0.29, 0.717) is 0 Å². The first-order valence-corrected chi connectivity index (χ1v) is 5.66. The fourth-order valence-electron chi connectivity index (χ4n) is 1.27. The lowest BCUT2D eigenvalue weighted by atomic mass is 10.3. The minimum atomic E-state index is -4.79. The van der Waals surface area contributed by atoms with Gasteiger partial charge in [0.05, 0.1) is 12.2 Å². The van der Waals surface area contributed by atoms with Gasteiger partial charge in [-0.05, 0) is 12.1 Å². The van der Waals surface area contributed by atoms with Crippen molar-refractivity contribution in [1.29, 1.82) is 0 Å². The molecule has 0 heterocycles. The summed E-state index contributed by atoms with van der Waals surface area (Å²) in [5.74, 6) is -0.875. The molecule has 7 heteroatoms. The van der Waals surface area contributed by atoms with Gasteiger partial charge in [0, 0.05) is 6.04 Å². The summed E-state index contributed by atoms with van der Waals surface area (Å²) in [6.45, 7) is 3.72. The van der Waals surface area contributed by atoms with Crippen molar-refractivity contribution in [2.24, 2.45) is 0 Å². The van der Waals surface area contributed by atoms with E-state index in [4.69, 9.17) is 0 Å². The number of nitrogens with one attached hydrogen (secondary N) is 2. The van der Waals surface area contributed by atoms with Gasteiger partial charge >= 0.3 is 6.36 Å². The predicted octanol–water partition coefficient (Wildman–Crippen LogP) is 2.52. The van der Waals surface area contributed by atoms with Crippen LogP contribution in [0.1, 0.15) is 13.8 Å². The molecule has 0 aliphatic carbocycles. The largest absolute Gasteiger partial charge is 0.573 e. The van der Waals surface area contributed by atoms with E-state index in [9.17, 15) is 18.0 Å². The molecule has 0 bridgehead atoms. The van der Waals surface area contributed by atoms with Crippen molar-refractivity contribution in [3.8, 4) is 5.75 Å². The fraction of sp³-hybridized carbons (Fsp3) is 0.417. The molecule has 0 saturated heterocycles. The number of benzene rings is 1. The van der Waals surface area contributed by atoms with Crippen molar-refractivity contribution in [3.05, 3.63) is 24.3 Å². The van der Waals surface area contributed by atoms with Gasteiger partial charge in [-0.25, -0.2) is 0 Å². The van der Waals surface area contributed by atoms with Crippen molar-refractivity contribution < 1.29 is 22.7 Å². The number of amides is 1. The summed E-state index contributed by atoms with van der Waals surface area (Å²) < 4.78 is 40.3. The zero-order valence-electron chi connectivity index (χ0n) is 10.5. The Morgan fingerprint density at radius 1 is 1.32 bits per heavy atom. The summed E-state index contributed by atoms with van der Waals surface area (Å²) in [5, 5.41) is 5.22. The van der Waals surface area contributed by atoms with Gasteiger partial charge in [-0.2, -0.15) is 0 Å². The molecule has 1 rings (SSSR count). The third-order valence-electron chi connectivity index (χ3n) is 2.06. The van der Waals surface area contributed by atoms with Crippen LogP contribution in [0.4, 0.5) is 18.9 Å². The molecule has 0 spiro atoms. The fourth-order valence-corrected chi connectivity index (χ4v) is 1.27. The van der Waals surface area contributed by atoms with Crippen molar-refractivity contribution in [2.45, 2.75) is 26.3 Å². The topological polar surface area (TPSA) is 50.4 Å². The maximum absolute atomic E-state index is 12.2. The Balaban J connectivity index is 2.70. The summed E-state index contributed by atoms with van der Waals surface area (Å²) in [6, 6.07) is 5.48. The van der Waals surface area contributed by atoms with Crippen LogP contribution in [0, 0.1) is 0 Å². The molecule has 0 atom stereocenters. The molecule has 2 N–H and O–H groups in total. The van der Waals surface area contributed by atoms with Gasteiger partial charge in [-0.3, -0.25) is 4.79 Å². The van der Waals surface area contributed by atoms with Gasteiger partial charge in [0.25, 0.3) is 0 Å². The minimum Gasteiger partial charge on any atom is -0.404 e. The Kier molecular flexibility index (Phi) is 5.17. The molecule has 0 aliphatic rings. The second kappa shape index (κ2) is 6.42. The Labute approximate surface area is 108 Å². The summed E-state index contributed by atoms with van der Waals surface area (Å²) in [6.07, 6.45) is -4.79. The number of carbonyl (C=O) groups is 1. The van der Waals surface area contributed by atoms with Crippen molar-refractivity contribution >= 4 is 11.6 Å².